The second-order valence-electron chi connectivity index (χ2n) is 26.6. The van der Waals surface area contributed by atoms with Crippen LogP contribution in [0.25, 0.3) is 0 Å². The number of hydrogen-bond acceptors (Lipinski definition) is 9. The minimum absolute atomic E-state index is 0. The average Bonchev–Trinajstić information content (AvgIpc) is 1.66. The quantitative estimate of drug-likeness (QED) is 0.0346. The summed E-state index contributed by atoms with van der Waals surface area (Å²) in [5, 5.41) is 20.1. The van der Waals surface area contributed by atoms with E-state index in [1.165, 1.54) is 99.4 Å². The summed E-state index contributed by atoms with van der Waals surface area (Å²) >= 11 is 3.84. The Labute approximate surface area is 531 Å². The molecule has 16 heteroatoms. The first-order valence-electron chi connectivity index (χ1n) is 32.2. The Morgan fingerprint density at radius 2 is 0.545 bits per heavy atom. The Balaban J connectivity index is 0.000000145. The molecule has 18 aliphatic rings. The molecule has 12 atom stereocenters. The van der Waals surface area contributed by atoms with Crippen molar-refractivity contribution in [2.45, 2.75) is 188 Å². The molecule has 6 heterocycles. The van der Waals surface area contributed by atoms with E-state index < -0.39 is 11.9 Å². The van der Waals surface area contributed by atoms with E-state index in [9.17, 15) is 29.4 Å². The van der Waals surface area contributed by atoms with Gasteiger partial charge in [0.25, 0.3) is 0 Å². The van der Waals surface area contributed by atoms with E-state index in [4.69, 9.17) is 9.47 Å². The second kappa shape index (κ2) is 22.1. The third-order valence-electron chi connectivity index (χ3n) is 22.3. The van der Waals surface area contributed by atoms with Crippen molar-refractivity contribution in [2.24, 2.45) is 0 Å². The van der Waals surface area contributed by atoms with Crippen molar-refractivity contribution < 1.29 is 63.2 Å². The number of fused-ring (bicyclic) bond motifs is 6. The van der Waals surface area contributed by atoms with Gasteiger partial charge >= 0.3 is 42.7 Å². The molecule has 7 N–H and O–H groups in total. The van der Waals surface area contributed by atoms with Crippen LogP contribution in [0.5, 0.6) is 0 Å². The third kappa shape index (κ3) is 8.81. The molecule has 0 radical (unpaired) electrons. The molecular weight excluding hydrogens is 1140 g/mol. The number of allylic oxidation sites excluding steroid dienone is 12. The predicted molar refractivity (Wildman–Crippen MR) is 334 cm³/mol. The van der Waals surface area contributed by atoms with Crippen LogP contribution in [0.3, 0.4) is 0 Å². The number of aromatic carboxylic acids is 2. The Morgan fingerprint density at radius 3 is 0.750 bits per heavy atom. The summed E-state index contributed by atoms with van der Waals surface area (Å²) in [7, 11) is 0. The summed E-state index contributed by atoms with van der Waals surface area (Å²) in [5.41, 5.74) is 22.1. The van der Waals surface area contributed by atoms with Crippen LogP contribution < -0.4 is 18.9 Å². The maximum atomic E-state index is 13.1. The van der Waals surface area contributed by atoms with Gasteiger partial charge in [0.05, 0.1) is 13.2 Å². The van der Waals surface area contributed by atoms with Crippen molar-refractivity contribution in [3.8, 4) is 0 Å². The smallest absolute Gasteiger partial charge is 0.870 e. The van der Waals surface area contributed by atoms with Crippen molar-refractivity contribution in [2.75, 3.05) is 13.2 Å². The summed E-state index contributed by atoms with van der Waals surface area (Å²) in [4.78, 5) is 70.4. The molecule has 18 aliphatic carbocycles. The normalized spacial score (nSPS) is 27.7. The van der Waals surface area contributed by atoms with Gasteiger partial charge in [-0.05, 0) is 158 Å². The molecule has 13 nitrogen and oxygen atoms in total. The Morgan fingerprint density at radius 1 is 0.352 bits per heavy atom. The van der Waals surface area contributed by atoms with Crippen LogP contribution in [0.2, 0.25) is 0 Å². The molecule has 88 heavy (non-hydrogen) atoms. The van der Waals surface area contributed by atoms with Gasteiger partial charge in [0.2, 0.25) is 0 Å². The molecule has 0 saturated heterocycles. The van der Waals surface area contributed by atoms with E-state index >= 15 is 0 Å². The molecule has 0 aromatic carbocycles. The minimum Gasteiger partial charge on any atom is -0.870 e. The van der Waals surface area contributed by atoms with E-state index in [-0.39, 0.29) is 59.9 Å². The van der Waals surface area contributed by atoms with E-state index in [1.54, 1.807) is 0 Å². The zero-order valence-electron chi connectivity index (χ0n) is 50.2. The van der Waals surface area contributed by atoms with Crippen LogP contribution in [0.1, 0.15) is 313 Å². The van der Waals surface area contributed by atoms with Gasteiger partial charge in [-0.25, -0.2) is 19.2 Å². The summed E-state index contributed by atoms with van der Waals surface area (Å²) in [6.07, 6.45) is 44.4. The van der Waals surface area contributed by atoms with E-state index in [0.717, 1.165) is 112 Å². The van der Waals surface area contributed by atoms with Gasteiger partial charge < -0.3 is 45.1 Å². The van der Waals surface area contributed by atoms with Crippen molar-refractivity contribution in [3.05, 3.63) is 205 Å². The monoisotopic (exact) mass is 1210 g/mol. The Bertz CT molecular complexity index is 3870. The fourth-order valence-electron chi connectivity index (χ4n) is 18.9. The summed E-state index contributed by atoms with van der Waals surface area (Å²) in [6.45, 7) is 4.50. The number of aromatic nitrogens is 4. The first-order valence-corrected chi connectivity index (χ1v) is 33.8. The van der Waals surface area contributed by atoms with Crippen molar-refractivity contribution in [1.29, 1.82) is 0 Å². The molecular formula is C72H73LiN4O9S2. The molecule has 0 aliphatic heterocycles. The van der Waals surface area contributed by atoms with Gasteiger partial charge in [0.1, 0.15) is 22.8 Å². The number of carbonyl (C=O) groups excluding carboxylic acids is 2. The fraction of sp³-hybridized carbons (Fsp3) is 0.444. The largest absolute Gasteiger partial charge is 1.00 e. The summed E-state index contributed by atoms with van der Waals surface area (Å²) in [6, 6.07) is 0. The number of rotatable bonds is 14. The summed E-state index contributed by atoms with van der Waals surface area (Å²) in [5.74, 6) is 1.82. The Hall–Kier alpha value is -6.60. The molecule has 0 saturated carbocycles. The van der Waals surface area contributed by atoms with Crippen LogP contribution in [-0.2, 0) is 35.2 Å². The number of nitrogens with one attached hydrogen (secondary N) is 4. The minimum atomic E-state index is -0.863. The standard InChI is InChI=1S/C38H40N2O4S.C34H32N2O4S.Li.H2O/c1-3-43-37(41)35-33-23-13-5-19(6-14-23)29(33)25(39-35)17-27-31-21-9-11-22(12-10-21)32(31)28(45-27)18-26-30-20-7-15-24(16-8-20)34(30)36(40-26)38(42)44-4-2;37-33(38)31-29-19-9-1-15(2-10-19)25(29)21(35-31)13-23-27-17-5-7-18(8-6-17)28(27)24(41-23)14-22-26-16-3-11-20(12-4-16)30(26)32(36-22)34(39)40;;/h5,7,9,11,13,15,19-24,39-40H,3-4,6,8,10,12,14,16-18H2,1-2H3;1,3,5,7,9,11,15-20,35-36H,2,4,6,8,10,12-14H2,(H,37,38)(H,39,40);;1H2/q;;+1;/p-1. The number of H-pyrrole nitrogens is 4. The molecule has 12 bridgehead atoms. The number of carboxylic acids is 2. The van der Waals surface area contributed by atoms with Crippen molar-refractivity contribution in [3.63, 3.8) is 0 Å². The molecule has 448 valence electrons. The number of esters is 2. The number of thiophene rings is 2. The molecule has 12 unspecified atom stereocenters. The van der Waals surface area contributed by atoms with Crippen LogP contribution in [0.15, 0.2) is 72.9 Å². The first-order chi connectivity index (χ1) is 42.0. The van der Waals surface area contributed by atoms with Crippen LogP contribution in [0, 0.1) is 0 Å². The van der Waals surface area contributed by atoms with Crippen LogP contribution in [0.4, 0.5) is 0 Å². The van der Waals surface area contributed by atoms with Gasteiger partial charge in [-0.1, -0.05) is 72.9 Å². The molecule has 0 fully saturated rings. The van der Waals surface area contributed by atoms with Crippen molar-refractivity contribution in [1.82, 2.24) is 19.9 Å². The summed E-state index contributed by atoms with van der Waals surface area (Å²) < 4.78 is 11.0. The van der Waals surface area contributed by atoms with Gasteiger partial charge in [-0.15, -0.1) is 22.7 Å². The van der Waals surface area contributed by atoms with Gasteiger partial charge in [0.15, 0.2) is 0 Å². The van der Waals surface area contributed by atoms with Crippen LogP contribution in [-0.4, -0.2) is 72.7 Å². The SMILES string of the molecule is CCOC(=O)c1[nH]c(Cc2sc(Cc3[nH]c(C(=O)OCC)c4c3C3C=CC4CC3)c3c2C2C=CC3CC2)c2c1C1C=CC2CC1.O=C(O)c1[nH]c(Cc2sc(Cc3[nH]c(C(=O)O)c4c3C3C=CC4CC3)c3c2C2C=CC3CC2)c2c1C1C=CC2CC1.[Li+].[OH-]. The van der Waals surface area contributed by atoms with Gasteiger partial charge in [-0.3, -0.25) is 0 Å². The van der Waals surface area contributed by atoms with E-state index in [0.29, 0.717) is 83.3 Å². The number of hydrogen-bond donors (Lipinski definition) is 6. The van der Waals surface area contributed by atoms with Crippen LogP contribution >= 0.6 is 22.7 Å². The molecule has 0 spiro atoms. The number of carbonyl (C=O) groups is 4. The number of aromatic amines is 4. The van der Waals surface area contributed by atoms with E-state index in [1.807, 2.05) is 36.5 Å². The zero-order valence-corrected chi connectivity index (χ0v) is 51.8. The zero-order chi connectivity index (χ0) is 58.0. The second-order valence-corrected chi connectivity index (χ2v) is 29.0. The van der Waals surface area contributed by atoms with E-state index in [2.05, 4.69) is 92.8 Å². The number of ether oxygens (including phenoxy) is 2. The number of carboxylic acid groups (broad SMARTS) is 2. The Kier molecular flexibility index (Phi) is 14.5. The molecule has 6 aromatic heterocycles. The molecule has 0 amide bonds. The first kappa shape index (κ1) is 57.8. The van der Waals surface area contributed by atoms with Crippen molar-refractivity contribution >= 4 is 46.6 Å². The maximum Gasteiger partial charge on any atom is 1.00 e. The third-order valence-corrected chi connectivity index (χ3v) is 24.7. The molecule has 6 aromatic rings. The topological polar surface area (TPSA) is 220 Å². The maximum absolute atomic E-state index is 13.1. The fourth-order valence-corrected chi connectivity index (χ4v) is 21.9. The van der Waals surface area contributed by atoms with Gasteiger partial charge in [0, 0.05) is 139 Å². The van der Waals surface area contributed by atoms with Gasteiger partial charge in [-0.2, -0.15) is 0 Å². The molecule has 24 rings (SSSR count). The average molecular weight is 1210 g/mol. The predicted octanol–water partition coefficient (Wildman–Crippen LogP) is 12.9.